The first-order valence-corrected chi connectivity index (χ1v) is 7.45. The van der Waals surface area contributed by atoms with Crippen molar-refractivity contribution in [2.75, 3.05) is 19.6 Å². The number of piperidine rings is 2. The zero-order valence-electron chi connectivity index (χ0n) is 12.4. The predicted octanol–water partition coefficient (Wildman–Crippen LogP) is 0.633. The van der Waals surface area contributed by atoms with E-state index in [2.05, 4.69) is 0 Å². The zero-order chi connectivity index (χ0) is 15.6. The van der Waals surface area contributed by atoms with Gasteiger partial charge in [0.25, 0.3) is 0 Å². The normalized spacial score (nSPS) is 27.5. The van der Waals surface area contributed by atoms with E-state index in [1.807, 2.05) is 0 Å². The van der Waals surface area contributed by atoms with Crippen LogP contribution in [0, 0.1) is 5.92 Å². The van der Waals surface area contributed by atoms with Crippen LogP contribution in [0.4, 0.5) is 4.79 Å². The molecule has 0 aliphatic carbocycles. The van der Waals surface area contributed by atoms with Crippen molar-refractivity contribution in [1.82, 2.24) is 9.80 Å². The molecule has 2 rings (SSSR count). The lowest BCUT2D eigenvalue weighted by Crippen LogP contribution is -2.61. The fourth-order valence-electron chi connectivity index (χ4n) is 3.18. The third-order valence-electron chi connectivity index (χ3n) is 4.75. The number of urea groups is 1. The van der Waals surface area contributed by atoms with Crippen molar-refractivity contribution < 1.29 is 19.5 Å². The van der Waals surface area contributed by atoms with Crippen molar-refractivity contribution in [3.63, 3.8) is 0 Å². The van der Waals surface area contributed by atoms with Gasteiger partial charge >= 0.3 is 12.0 Å². The van der Waals surface area contributed by atoms with E-state index in [-0.39, 0.29) is 17.9 Å². The van der Waals surface area contributed by atoms with E-state index in [1.165, 1.54) is 4.90 Å². The molecule has 1 atom stereocenters. The third-order valence-corrected chi connectivity index (χ3v) is 4.75. The highest BCUT2D eigenvalue weighted by molar-refractivity contribution is 5.86. The number of hydrogen-bond acceptors (Lipinski definition) is 3. The van der Waals surface area contributed by atoms with Crippen molar-refractivity contribution in [1.29, 1.82) is 0 Å². The monoisotopic (exact) mass is 297 g/mol. The SMILES string of the molecule is CC1(C(=O)O)CCCCN1C(=O)N1CCC(C(N)=O)CC1. The molecule has 0 spiro atoms. The molecule has 2 aliphatic rings. The number of aliphatic carboxylic acids is 1. The zero-order valence-corrected chi connectivity index (χ0v) is 12.4. The quantitative estimate of drug-likeness (QED) is 0.780. The lowest BCUT2D eigenvalue weighted by molar-refractivity contribution is -0.150. The first-order valence-electron chi connectivity index (χ1n) is 7.45. The van der Waals surface area contributed by atoms with Gasteiger partial charge in [0, 0.05) is 25.6 Å². The summed E-state index contributed by atoms with van der Waals surface area (Å²) >= 11 is 0. The number of carbonyl (C=O) groups excluding carboxylic acids is 2. The van der Waals surface area contributed by atoms with E-state index >= 15 is 0 Å². The van der Waals surface area contributed by atoms with Crippen LogP contribution in [0.1, 0.15) is 39.0 Å². The Morgan fingerprint density at radius 2 is 1.76 bits per heavy atom. The Labute approximate surface area is 124 Å². The average molecular weight is 297 g/mol. The third kappa shape index (κ3) is 2.96. The molecule has 2 aliphatic heterocycles. The first-order chi connectivity index (χ1) is 9.86. The number of carboxylic acid groups (broad SMARTS) is 1. The van der Waals surface area contributed by atoms with Gasteiger partial charge in [-0.25, -0.2) is 9.59 Å². The highest BCUT2D eigenvalue weighted by Crippen LogP contribution is 2.30. The van der Waals surface area contributed by atoms with Gasteiger partial charge in [-0.3, -0.25) is 4.79 Å². The topological polar surface area (TPSA) is 104 Å². The Bertz CT molecular complexity index is 446. The standard InChI is InChI=1S/C14H23N3O4/c1-14(12(19)20)6-2-3-7-17(14)13(21)16-8-4-10(5-9-16)11(15)18/h10H,2-9H2,1H3,(H2,15,18)(H,19,20). The number of hydrogen-bond donors (Lipinski definition) is 2. The summed E-state index contributed by atoms with van der Waals surface area (Å²) in [6.45, 7) is 3.00. The van der Waals surface area contributed by atoms with Gasteiger partial charge in [0.15, 0.2) is 0 Å². The summed E-state index contributed by atoms with van der Waals surface area (Å²) in [5, 5.41) is 9.46. The van der Waals surface area contributed by atoms with E-state index in [0.717, 1.165) is 12.8 Å². The number of likely N-dealkylation sites (tertiary alicyclic amines) is 2. The van der Waals surface area contributed by atoms with Crippen LogP contribution in [0.25, 0.3) is 0 Å². The summed E-state index contributed by atoms with van der Waals surface area (Å²) in [6.07, 6.45) is 3.23. The molecule has 0 radical (unpaired) electrons. The van der Waals surface area contributed by atoms with Gasteiger partial charge in [-0.05, 0) is 39.0 Å². The van der Waals surface area contributed by atoms with E-state index in [4.69, 9.17) is 5.73 Å². The van der Waals surface area contributed by atoms with Crippen molar-refractivity contribution in [3.8, 4) is 0 Å². The second kappa shape index (κ2) is 5.91. The van der Waals surface area contributed by atoms with Gasteiger partial charge in [-0.1, -0.05) is 0 Å². The molecule has 0 saturated carbocycles. The predicted molar refractivity (Wildman–Crippen MR) is 75.5 cm³/mol. The van der Waals surface area contributed by atoms with Gasteiger partial charge in [0.05, 0.1) is 0 Å². The minimum absolute atomic E-state index is 0.179. The number of carbonyl (C=O) groups is 3. The highest BCUT2D eigenvalue weighted by atomic mass is 16.4. The molecule has 7 heteroatoms. The highest BCUT2D eigenvalue weighted by Gasteiger charge is 2.45. The molecule has 2 saturated heterocycles. The Morgan fingerprint density at radius 1 is 1.14 bits per heavy atom. The lowest BCUT2D eigenvalue weighted by Gasteiger charge is -2.44. The number of rotatable bonds is 2. The molecule has 2 heterocycles. The molecule has 3 amide bonds. The molecule has 118 valence electrons. The van der Waals surface area contributed by atoms with Crippen molar-refractivity contribution in [2.45, 2.75) is 44.6 Å². The summed E-state index contributed by atoms with van der Waals surface area (Å²) in [4.78, 5) is 38.4. The van der Waals surface area contributed by atoms with E-state index in [0.29, 0.717) is 38.9 Å². The molecule has 7 nitrogen and oxygen atoms in total. The summed E-state index contributed by atoms with van der Waals surface area (Å²) in [7, 11) is 0. The summed E-state index contributed by atoms with van der Waals surface area (Å²) in [5.74, 6) is -1.46. The molecule has 2 fully saturated rings. The second-order valence-corrected chi connectivity index (χ2v) is 6.13. The maximum atomic E-state index is 12.6. The molecule has 1 unspecified atom stereocenters. The maximum absolute atomic E-state index is 12.6. The van der Waals surface area contributed by atoms with Crippen LogP contribution in [-0.4, -0.2) is 58.0 Å². The van der Waals surface area contributed by atoms with E-state index < -0.39 is 11.5 Å². The van der Waals surface area contributed by atoms with Gasteiger partial charge in [-0.2, -0.15) is 0 Å². The Balaban J connectivity index is 2.05. The molecule has 0 bridgehead atoms. The molecule has 21 heavy (non-hydrogen) atoms. The van der Waals surface area contributed by atoms with Crippen LogP contribution < -0.4 is 5.73 Å². The molecule has 3 N–H and O–H groups in total. The fourth-order valence-corrected chi connectivity index (χ4v) is 3.18. The van der Waals surface area contributed by atoms with Crippen LogP contribution in [0.3, 0.4) is 0 Å². The summed E-state index contributed by atoms with van der Waals surface area (Å²) < 4.78 is 0. The Morgan fingerprint density at radius 3 is 2.29 bits per heavy atom. The second-order valence-electron chi connectivity index (χ2n) is 6.13. The largest absolute Gasteiger partial charge is 0.480 e. The molecule has 0 aromatic heterocycles. The van der Waals surface area contributed by atoms with Gasteiger partial charge in [0.1, 0.15) is 5.54 Å². The molecule has 0 aromatic carbocycles. The number of nitrogens with zero attached hydrogens (tertiary/aromatic N) is 2. The Hall–Kier alpha value is -1.79. The van der Waals surface area contributed by atoms with Crippen LogP contribution >= 0.6 is 0 Å². The fraction of sp³-hybridized carbons (Fsp3) is 0.786. The maximum Gasteiger partial charge on any atom is 0.329 e. The molecule has 0 aromatic rings. The van der Waals surface area contributed by atoms with Gasteiger partial charge in [0.2, 0.25) is 5.91 Å². The van der Waals surface area contributed by atoms with Crippen molar-refractivity contribution in [3.05, 3.63) is 0 Å². The van der Waals surface area contributed by atoms with Crippen LogP contribution in [-0.2, 0) is 9.59 Å². The van der Waals surface area contributed by atoms with Crippen molar-refractivity contribution in [2.24, 2.45) is 11.7 Å². The smallest absolute Gasteiger partial charge is 0.329 e. The van der Waals surface area contributed by atoms with Crippen LogP contribution in [0.5, 0.6) is 0 Å². The molecular formula is C14H23N3O4. The minimum atomic E-state index is -1.13. The van der Waals surface area contributed by atoms with Crippen LogP contribution in [0.15, 0.2) is 0 Å². The summed E-state index contributed by atoms with van der Waals surface area (Å²) in [6, 6.07) is -0.234. The number of carboxylic acids is 1. The Kier molecular flexibility index (Phi) is 4.39. The summed E-state index contributed by atoms with van der Waals surface area (Å²) in [5.41, 5.74) is 4.15. The minimum Gasteiger partial charge on any atom is -0.480 e. The van der Waals surface area contributed by atoms with Crippen LogP contribution in [0.2, 0.25) is 0 Å². The number of primary amides is 1. The van der Waals surface area contributed by atoms with E-state index in [9.17, 15) is 19.5 Å². The molecular weight excluding hydrogens is 274 g/mol. The number of amides is 3. The lowest BCUT2D eigenvalue weighted by atomic mass is 9.88. The number of nitrogens with two attached hydrogens (primary N) is 1. The van der Waals surface area contributed by atoms with Crippen molar-refractivity contribution >= 4 is 17.9 Å². The average Bonchev–Trinajstić information content (AvgIpc) is 2.47. The van der Waals surface area contributed by atoms with Gasteiger partial charge < -0.3 is 20.6 Å². The van der Waals surface area contributed by atoms with Gasteiger partial charge in [-0.15, -0.1) is 0 Å². The van der Waals surface area contributed by atoms with E-state index in [1.54, 1.807) is 11.8 Å². The first kappa shape index (κ1) is 15.6.